The molecule has 2 heterocycles. The van der Waals surface area contributed by atoms with Gasteiger partial charge in [-0.2, -0.15) is 0 Å². The zero-order chi connectivity index (χ0) is 46.4. The Morgan fingerprint density at radius 3 is 0.800 bits per heavy atom. The average molecular weight is 895 g/mol. The first kappa shape index (κ1) is 40.9. The van der Waals surface area contributed by atoms with Gasteiger partial charge in [0.15, 0.2) is 0 Å². The molecular weight excluding hydrogens is 849 g/mol. The third-order valence-electron chi connectivity index (χ3n) is 13.7. The standard InChI is InChI=1S/C66H46N4/c1-5-17-51(18-6-1)67(52-19-7-2-8-20-52)55-37-29-47(30-38-55)49-33-41-57(42-34-49)69-63-27-15-13-25-59(63)61-45-62-60-26-14-16-28-64(60)70(66(62)46-65(61)69)58-43-35-50(36-44-58)48-31-39-56(40-32-48)68(53-21-9-3-10-22-53)54-23-11-4-12-24-54/h1-46H. The minimum atomic E-state index is 1.11. The van der Waals surface area contributed by atoms with E-state index in [2.05, 4.69) is 298 Å². The molecule has 4 nitrogen and oxygen atoms in total. The van der Waals surface area contributed by atoms with Crippen LogP contribution >= 0.6 is 0 Å². The molecule has 0 radical (unpaired) electrons. The zero-order valence-corrected chi connectivity index (χ0v) is 38.3. The van der Waals surface area contributed by atoms with Crippen LogP contribution < -0.4 is 9.80 Å². The highest BCUT2D eigenvalue weighted by Gasteiger charge is 2.20. The summed E-state index contributed by atoms with van der Waals surface area (Å²) < 4.78 is 4.86. The van der Waals surface area contributed by atoms with Gasteiger partial charge in [-0.05, 0) is 144 Å². The normalized spacial score (nSPS) is 11.4. The van der Waals surface area contributed by atoms with Crippen LogP contribution in [0.15, 0.2) is 279 Å². The highest BCUT2D eigenvalue weighted by Crippen LogP contribution is 2.42. The number of benzene rings is 11. The lowest BCUT2D eigenvalue weighted by molar-refractivity contribution is 1.16. The fraction of sp³-hybridized carbons (Fsp3) is 0. The Kier molecular flexibility index (Phi) is 10.1. The maximum Gasteiger partial charge on any atom is 0.0562 e. The lowest BCUT2D eigenvalue weighted by atomic mass is 10.0. The minimum absolute atomic E-state index is 1.11. The van der Waals surface area contributed by atoms with E-state index in [1.165, 1.54) is 65.9 Å². The molecule has 0 fully saturated rings. The van der Waals surface area contributed by atoms with E-state index in [0.29, 0.717) is 0 Å². The van der Waals surface area contributed by atoms with Crippen LogP contribution in [0.4, 0.5) is 34.1 Å². The Labute approximate surface area is 407 Å². The fourth-order valence-electron chi connectivity index (χ4n) is 10.4. The van der Waals surface area contributed by atoms with Crippen molar-refractivity contribution in [1.29, 1.82) is 0 Å². The average Bonchev–Trinajstić information content (AvgIpc) is 3.94. The first-order valence-electron chi connectivity index (χ1n) is 23.9. The molecule has 0 aliphatic carbocycles. The molecular formula is C66H46N4. The van der Waals surface area contributed by atoms with E-state index in [1.807, 2.05) is 0 Å². The van der Waals surface area contributed by atoms with Gasteiger partial charge in [-0.3, -0.25) is 0 Å². The second-order valence-corrected chi connectivity index (χ2v) is 17.8. The second-order valence-electron chi connectivity index (χ2n) is 17.8. The molecule has 0 bridgehead atoms. The Bertz CT molecular complexity index is 3600. The van der Waals surface area contributed by atoms with E-state index in [-0.39, 0.29) is 0 Å². The molecule has 0 spiro atoms. The van der Waals surface area contributed by atoms with Crippen LogP contribution in [0.1, 0.15) is 0 Å². The summed E-state index contributed by atoms with van der Waals surface area (Å²) in [6, 6.07) is 101. The highest BCUT2D eigenvalue weighted by atomic mass is 15.1. The molecule has 0 amide bonds. The molecule has 13 aromatic rings. The molecule has 2 aromatic heterocycles. The van der Waals surface area contributed by atoms with Crippen molar-refractivity contribution in [3.63, 3.8) is 0 Å². The molecule has 0 unspecified atom stereocenters. The summed E-state index contributed by atoms with van der Waals surface area (Å²) in [6.07, 6.45) is 0. The van der Waals surface area contributed by atoms with Crippen molar-refractivity contribution in [1.82, 2.24) is 9.13 Å². The monoisotopic (exact) mass is 894 g/mol. The number of rotatable bonds is 10. The first-order valence-corrected chi connectivity index (χ1v) is 23.9. The van der Waals surface area contributed by atoms with Gasteiger partial charge in [-0.25, -0.2) is 0 Å². The SMILES string of the molecule is c1ccc(N(c2ccccc2)c2ccc(-c3ccc(-n4c5ccccc5c5cc6c7ccccc7n(-c7ccc(-c8ccc(N(c9ccccc9)c9ccccc9)cc8)cc7)c6cc54)cc3)cc2)cc1. The summed E-state index contributed by atoms with van der Waals surface area (Å²) in [6.45, 7) is 0. The lowest BCUT2D eigenvalue weighted by Crippen LogP contribution is -2.09. The number of anilines is 6. The topological polar surface area (TPSA) is 16.3 Å². The van der Waals surface area contributed by atoms with E-state index < -0.39 is 0 Å². The predicted molar refractivity (Wildman–Crippen MR) is 295 cm³/mol. The highest BCUT2D eigenvalue weighted by molar-refractivity contribution is 6.19. The number of para-hydroxylation sites is 6. The molecule has 0 aliphatic rings. The van der Waals surface area contributed by atoms with Crippen LogP contribution in [0.25, 0.3) is 77.2 Å². The molecule has 330 valence electrons. The molecule has 0 saturated carbocycles. The van der Waals surface area contributed by atoms with Crippen molar-refractivity contribution in [3.05, 3.63) is 279 Å². The van der Waals surface area contributed by atoms with Crippen molar-refractivity contribution < 1.29 is 0 Å². The molecule has 0 saturated heterocycles. The maximum absolute atomic E-state index is 2.43. The Balaban J connectivity index is 0.855. The second kappa shape index (κ2) is 17.4. The van der Waals surface area contributed by atoms with Crippen molar-refractivity contribution in [2.45, 2.75) is 0 Å². The minimum Gasteiger partial charge on any atom is -0.311 e. The molecule has 13 rings (SSSR count). The molecule has 0 aliphatic heterocycles. The van der Waals surface area contributed by atoms with Crippen LogP contribution in [0.2, 0.25) is 0 Å². The third kappa shape index (κ3) is 7.18. The van der Waals surface area contributed by atoms with E-state index >= 15 is 0 Å². The van der Waals surface area contributed by atoms with Gasteiger partial charge in [0.1, 0.15) is 0 Å². The summed E-state index contributed by atoms with van der Waals surface area (Å²) in [5, 5.41) is 4.96. The smallest absolute Gasteiger partial charge is 0.0562 e. The molecule has 0 N–H and O–H groups in total. The maximum atomic E-state index is 2.43. The quantitative estimate of drug-likeness (QED) is 0.136. The van der Waals surface area contributed by atoms with Crippen molar-refractivity contribution in [2.75, 3.05) is 9.80 Å². The van der Waals surface area contributed by atoms with Crippen molar-refractivity contribution in [3.8, 4) is 33.6 Å². The largest absolute Gasteiger partial charge is 0.311 e. The fourth-order valence-corrected chi connectivity index (χ4v) is 10.4. The van der Waals surface area contributed by atoms with Gasteiger partial charge in [0.2, 0.25) is 0 Å². The number of aromatic nitrogens is 2. The summed E-state index contributed by atoms with van der Waals surface area (Å²) in [5.74, 6) is 0. The van der Waals surface area contributed by atoms with Gasteiger partial charge in [0.25, 0.3) is 0 Å². The van der Waals surface area contributed by atoms with Crippen LogP contribution in [0.5, 0.6) is 0 Å². The zero-order valence-electron chi connectivity index (χ0n) is 38.3. The Morgan fingerprint density at radius 1 is 0.200 bits per heavy atom. The van der Waals surface area contributed by atoms with E-state index in [1.54, 1.807) is 0 Å². The summed E-state index contributed by atoms with van der Waals surface area (Å²) >= 11 is 0. The number of hydrogen-bond acceptors (Lipinski definition) is 2. The summed E-state index contributed by atoms with van der Waals surface area (Å²) in [5.41, 5.74) is 18.4. The van der Waals surface area contributed by atoms with Gasteiger partial charge in [-0.1, -0.05) is 158 Å². The van der Waals surface area contributed by atoms with Crippen LogP contribution in [-0.4, -0.2) is 9.13 Å². The van der Waals surface area contributed by atoms with Gasteiger partial charge >= 0.3 is 0 Å². The summed E-state index contributed by atoms with van der Waals surface area (Å²) in [7, 11) is 0. The molecule has 0 atom stereocenters. The predicted octanol–water partition coefficient (Wildman–Crippen LogP) is 18.2. The van der Waals surface area contributed by atoms with E-state index in [4.69, 9.17) is 0 Å². The van der Waals surface area contributed by atoms with Crippen molar-refractivity contribution >= 4 is 77.7 Å². The van der Waals surface area contributed by atoms with Crippen molar-refractivity contribution in [2.24, 2.45) is 0 Å². The number of fused-ring (bicyclic) bond motifs is 6. The first-order chi connectivity index (χ1) is 34.7. The molecule has 70 heavy (non-hydrogen) atoms. The summed E-state index contributed by atoms with van der Waals surface area (Å²) in [4.78, 5) is 4.60. The number of nitrogens with zero attached hydrogens (tertiary/aromatic N) is 4. The third-order valence-corrected chi connectivity index (χ3v) is 13.7. The lowest BCUT2D eigenvalue weighted by Gasteiger charge is -2.25. The Morgan fingerprint density at radius 2 is 0.471 bits per heavy atom. The Hall–Kier alpha value is -9.38. The van der Waals surface area contributed by atoms with Gasteiger partial charge in [-0.15, -0.1) is 0 Å². The van der Waals surface area contributed by atoms with E-state index in [9.17, 15) is 0 Å². The van der Waals surface area contributed by atoms with Gasteiger partial charge in [0.05, 0.1) is 22.1 Å². The van der Waals surface area contributed by atoms with E-state index in [0.717, 1.165) is 45.5 Å². The van der Waals surface area contributed by atoms with Crippen LogP contribution in [-0.2, 0) is 0 Å². The van der Waals surface area contributed by atoms with Crippen LogP contribution in [0, 0.1) is 0 Å². The van der Waals surface area contributed by atoms with Crippen LogP contribution in [0.3, 0.4) is 0 Å². The molecule has 4 heteroatoms. The number of hydrogen-bond donors (Lipinski definition) is 0. The molecule has 11 aromatic carbocycles. The van der Waals surface area contributed by atoms with Gasteiger partial charge in [0, 0.05) is 67.0 Å². The van der Waals surface area contributed by atoms with Gasteiger partial charge < -0.3 is 18.9 Å².